The second-order valence-corrected chi connectivity index (χ2v) is 9.56. The lowest BCUT2D eigenvalue weighted by Crippen LogP contribution is -2.50. The van der Waals surface area contributed by atoms with Crippen LogP contribution in [0.25, 0.3) is 0 Å². The van der Waals surface area contributed by atoms with Gasteiger partial charge in [-0.15, -0.1) is 0 Å². The summed E-state index contributed by atoms with van der Waals surface area (Å²) in [4.78, 5) is 28.9. The first-order chi connectivity index (χ1) is 16.2. The molecule has 6 nitrogen and oxygen atoms in total. The molecule has 0 aromatic heterocycles. The summed E-state index contributed by atoms with van der Waals surface area (Å²) in [6.45, 7) is 1.37. The zero-order chi connectivity index (χ0) is 22.8. The summed E-state index contributed by atoms with van der Waals surface area (Å²) in [5.41, 5.74) is 2.93. The predicted octanol–water partition coefficient (Wildman–Crippen LogP) is 4.01. The number of carbonyl (C=O) groups is 2. The van der Waals surface area contributed by atoms with Crippen LogP contribution < -0.4 is 10.6 Å². The molecule has 2 aromatic rings. The van der Waals surface area contributed by atoms with Crippen LogP contribution in [-0.4, -0.2) is 49.1 Å². The molecule has 5 atom stereocenters. The van der Waals surface area contributed by atoms with E-state index < -0.39 is 0 Å². The second-order valence-electron chi connectivity index (χ2n) is 9.56. The Kier molecular flexibility index (Phi) is 6.36. The first-order valence-electron chi connectivity index (χ1n) is 12.2. The summed E-state index contributed by atoms with van der Waals surface area (Å²) in [5.74, 6) is 0.248. The van der Waals surface area contributed by atoms with E-state index in [0.29, 0.717) is 18.1 Å². The average Bonchev–Trinajstić information content (AvgIpc) is 3.31. The molecule has 0 spiro atoms. The number of methoxy groups -OCH3 is 1. The molecule has 1 saturated carbocycles. The maximum atomic E-state index is 14.0. The van der Waals surface area contributed by atoms with Crippen molar-refractivity contribution in [1.82, 2.24) is 10.2 Å². The summed E-state index contributed by atoms with van der Waals surface area (Å²) >= 11 is 0. The largest absolute Gasteiger partial charge is 0.383 e. The van der Waals surface area contributed by atoms with Gasteiger partial charge in [0.05, 0.1) is 24.6 Å². The third kappa shape index (κ3) is 4.24. The number of anilines is 1. The standard InChI is InChI=1S/C27H33N3O3/c1-33-17-24-20-15-16-30(25(20)19-11-5-7-13-22(19)28-24)27(32)21-12-6-8-14-23(21)29-26(31)18-9-3-2-4-10-18/h2-5,7,9-11,13,20-21,23-25,28H,6,8,12,14-17H2,1H3,(H,29,31)/t20?,21-,23+,24?,25?/m0/s1. The molecule has 2 amide bonds. The summed E-state index contributed by atoms with van der Waals surface area (Å²) in [6, 6.07) is 17.7. The first-order valence-corrected chi connectivity index (χ1v) is 12.2. The normalized spacial score (nSPS) is 28.4. The van der Waals surface area contributed by atoms with Gasteiger partial charge in [-0.05, 0) is 43.0 Å². The number of benzene rings is 2. The Morgan fingerprint density at radius 3 is 2.61 bits per heavy atom. The average molecular weight is 448 g/mol. The second kappa shape index (κ2) is 9.56. The zero-order valence-corrected chi connectivity index (χ0v) is 19.2. The molecule has 5 rings (SSSR count). The van der Waals surface area contributed by atoms with Crippen LogP contribution >= 0.6 is 0 Å². The van der Waals surface area contributed by atoms with E-state index in [1.54, 1.807) is 7.11 Å². The Morgan fingerprint density at radius 2 is 1.79 bits per heavy atom. The van der Waals surface area contributed by atoms with Crippen molar-refractivity contribution in [3.8, 4) is 0 Å². The minimum Gasteiger partial charge on any atom is -0.383 e. The van der Waals surface area contributed by atoms with E-state index in [0.717, 1.165) is 44.3 Å². The lowest BCUT2D eigenvalue weighted by atomic mass is 9.81. The van der Waals surface area contributed by atoms with Crippen LogP contribution in [0.15, 0.2) is 54.6 Å². The van der Waals surface area contributed by atoms with Crippen LogP contribution in [0.4, 0.5) is 5.69 Å². The van der Waals surface area contributed by atoms with Gasteiger partial charge < -0.3 is 20.3 Å². The van der Waals surface area contributed by atoms with E-state index in [2.05, 4.69) is 33.7 Å². The molecule has 6 heteroatoms. The van der Waals surface area contributed by atoms with Crippen molar-refractivity contribution in [3.63, 3.8) is 0 Å². The van der Waals surface area contributed by atoms with Gasteiger partial charge in [0, 0.05) is 36.9 Å². The minimum absolute atomic E-state index is 0.0579. The molecule has 3 unspecified atom stereocenters. The van der Waals surface area contributed by atoms with Gasteiger partial charge in [-0.2, -0.15) is 0 Å². The third-order valence-corrected chi connectivity index (χ3v) is 7.65. The number of rotatable bonds is 5. The molecule has 2 heterocycles. The number of hydrogen-bond acceptors (Lipinski definition) is 4. The molecule has 3 aliphatic rings. The summed E-state index contributed by atoms with van der Waals surface area (Å²) < 4.78 is 5.51. The number of likely N-dealkylation sites (tertiary alicyclic amines) is 1. The summed E-state index contributed by atoms with van der Waals surface area (Å²) in [5, 5.41) is 6.83. The van der Waals surface area contributed by atoms with E-state index in [4.69, 9.17) is 4.74 Å². The van der Waals surface area contributed by atoms with Crippen molar-refractivity contribution in [2.75, 3.05) is 25.6 Å². The molecule has 1 saturated heterocycles. The number of para-hydroxylation sites is 1. The van der Waals surface area contributed by atoms with Crippen LogP contribution in [0.3, 0.4) is 0 Å². The molecular weight excluding hydrogens is 414 g/mol. The highest BCUT2D eigenvalue weighted by Crippen LogP contribution is 2.47. The van der Waals surface area contributed by atoms with Gasteiger partial charge in [-0.3, -0.25) is 9.59 Å². The number of nitrogens with zero attached hydrogens (tertiary/aromatic N) is 1. The number of nitrogens with one attached hydrogen (secondary N) is 2. The van der Waals surface area contributed by atoms with E-state index in [-0.39, 0.29) is 35.9 Å². The molecule has 33 heavy (non-hydrogen) atoms. The highest BCUT2D eigenvalue weighted by Gasteiger charge is 2.48. The van der Waals surface area contributed by atoms with Crippen molar-refractivity contribution in [1.29, 1.82) is 0 Å². The highest BCUT2D eigenvalue weighted by molar-refractivity contribution is 5.94. The molecule has 174 valence electrons. The Hall–Kier alpha value is -2.86. The number of carbonyl (C=O) groups excluding carboxylic acids is 2. The van der Waals surface area contributed by atoms with E-state index >= 15 is 0 Å². The highest BCUT2D eigenvalue weighted by atomic mass is 16.5. The lowest BCUT2D eigenvalue weighted by Gasteiger charge is -2.41. The minimum atomic E-state index is -0.173. The van der Waals surface area contributed by atoms with Gasteiger partial charge >= 0.3 is 0 Å². The summed E-state index contributed by atoms with van der Waals surface area (Å²) in [7, 11) is 1.73. The molecule has 2 N–H and O–H groups in total. The predicted molar refractivity (Wildman–Crippen MR) is 128 cm³/mol. The lowest BCUT2D eigenvalue weighted by molar-refractivity contribution is -0.139. The molecule has 2 fully saturated rings. The fourth-order valence-corrected chi connectivity index (χ4v) is 6.07. The van der Waals surface area contributed by atoms with Crippen LogP contribution in [0.2, 0.25) is 0 Å². The van der Waals surface area contributed by atoms with Crippen molar-refractivity contribution in [2.24, 2.45) is 11.8 Å². The smallest absolute Gasteiger partial charge is 0.251 e. The quantitative estimate of drug-likeness (QED) is 0.727. The van der Waals surface area contributed by atoms with Gasteiger partial charge in [-0.1, -0.05) is 49.2 Å². The number of ether oxygens (including phenoxy) is 1. The molecular formula is C27H33N3O3. The molecule has 1 aliphatic carbocycles. The molecule has 0 radical (unpaired) electrons. The van der Waals surface area contributed by atoms with Gasteiger partial charge in [0.15, 0.2) is 0 Å². The molecule has 2 aromatic carbocycles. The van der Waals surface area contributed by atoms with Crippen LogP contribution in [0.1, 0.15) is 54.1 Å². The van der Waals surface area contributed by atoms with Crippen LogP contribution in [0, 0.1) is 11.8 Å². The monoisotopic (exact) mass is 447 g/mol. The van der Waals surface area contributed by atoms with E-state index in [9.17, 15) is 9.59 Å². The number of amides is 2. The Balaban J connectivity index is 1.38. The van der Waals surface area contributed by atoms with Crippen LogP contribution in [0.5, 0.6) is 0 Å². The van der Waals surface area contributed by atoms with E-state index in [1.165, 1.54) is 5.56 Å². The third-order valence-electron chi connectivity index (χ3n) is 7.65. The molecule has 0 bridgehead atoms. The fourth-order valence-electron chi connectivity index (χ4n) is 6.07. The Bertz CT molecular complexity index is 995. The summed E-state index contributed by atoms with van der Waals surface area (Å²) in [6.07, 6.45) is 4.70. The molecule has 2 aliphatic heterocycles. The van der Waals surface area contributed by atoms with Crippen molar-refractivity contribution >= 4 is 17.5 Å². The van der Waals surface area contributed by atoms with Gasteiger partial charge in [-0.25, -0.2) is 0 Å². The van der Waals surface area contributed by atoms with Crippen molar-refractivity contribution in [3.05, 3.63) is 65.7 Å². The maximum Gasteiger partial charge on any atom is 0.251 e. The maximum absolute atomic E-state index is 14.0. The number of fused-ring (bicyclic) bond motifs is 3. The zero-order valence-electron chi connectivity index (χ0n) is 19.2. The van der Waals surface area contributed by atoms with Gasteiger partial charge in [0.25, 0.3) is 5.91 Å². The van der Waals surface area contributed by atoms with Crippen LogP contribution in [-0.2, 0) is 9.53 Å². The first kappa shape index (κ1) is 22.0. The number of hydrogen-bond donors (Lipinski definition) is 2. The fraction of sp³-hybridized carbons (Fsp3) is 0.481. The van der Waals surface area contributed by atoms with Crippen molar-refractivity contribution < 1.29 is 14.3 Å². The van der Waals surface area contributed by atoms with E-state index in [1.807, 2.05) is 36.4 Å². The topological polar surface area (TPSA) is 70.7 Å². The van der Waals surface area contributed by atoms with Gasteiger partial charge in [0.2, 0.25) is 5.91 Å². The van der Waals surface area contributed by atoms with Crippen molar-refractivity contribution in [2.45, 2.75) is 50.2 Å². The van der Waals surface area contributed by atoms with Gasteiger partial charge in [0.1, 0.15) is 0 Å². The Labute approximate surface area is 195 Å². The Morgan fingerprint density at radius 1 is 1.03 bits per heavy atom. The SMILES string of the molecule is COCC1Nc2ccccc2C2C1CCN2C(=O)[C@H]1CCCC[C@H]1NC(=O)c1ccccc1.